The van der Waals surface area contributed by atoms with Gasteiger partial charge in [-0.05, 0) is 83.1 Å². The number of carbonyl (C=O) groups is 1. The molecule has 0 spiro atoms. The molecule has 0 unspecified atom stereocenters. The van der Waals surface area contributed by atoms with Gasteiger partial charge in [0.05, 0.1) is 12.1 Å². The van der Waals surface area contributed by atoms with Crippen molar-refractivity contribution < 1.29 is 13.9 Å². The highest BCUT2D eigenvalue weighted by Gasteiger charge is 2.25. The largest absolute Gasteiger partial charge is 0.491 e. The van der Waals surface area contributed by atoms with Crippen molar-refractivity contribution in [2.75, 3.05) is 19.6 Å². The normalized spacial score (nSPS) is 16.3. The van der Waals surface area contributed by atoms with Gasteiger partial charge in [0.2, 0.25) is 0 Å². The molecule has 1 aromatic carbocycles. The van der Waals surface area contributed by atoms with Crippen LogP contribution in [0, 0.1) is 6.92 Å². The van der Waals surface area contributed by atoms with E-state index in [2.05, 4.69) is 10.2 Å². The standard InChI is InChI=1S/C22H30N2O3/c1-16(2)26-19-10-8-18(9-11-19)22(25)23-15-20(21-12-7-17(3)27-21)24-13-5-4-6-14-24/h7-12,16,20H,4-6,13-15H2,1-3H3,(H,23,25)/t20-/m0/s1. The van der Waals surface area contributed by atoms with E-state index in [1.807, 2.05) is 45.0 Å². The summed E-state index contributed by atoms with van der Waals surface area (Å²) in [6.07, 6.45) is 3.78. The molecule has 1 aromatic heterocycles. The van der Waals surface area contributed by atoms with Gasteiger partial charge in [0.15, 0.2) is 0 Å². The van der Waals surface area contributed by atoms with Crippen LogP contribution in [0.1, 0.15) is 61.0 Å². The van der Waals surface area contributed by atoms with Gasteiger partial charge < -0.3 is 14.5 Å². The van der Waals surface area contributed by atoms with Crippen molar-refractivity contribution in [3.05, 3.63) is 53.5 Å². The fourth-order valence-electron chi connectivity index (χ4n) is 3.52. The number of nitrogens with zero attached hydrogens (tertiary/aromatic N) is 1. The lowest BCUT2D eigenvalue weighted by Crippen LogP contribution is -2.40. The van der Waals surface area contributed by atoms with Crippen molar-refractivity contribution in [2.24, 2.45) is 0 Å². The molecule has 27 heavy (non-hydrogen) atoms. The van der Waals surface area contributed by atoms with Crippen LogP contribution in [0.5, 0.6) is 5.75 Å². The first-order chi connectivity index (χ1) is 13.0. The summed E-state index contributed by atoms with van der Waals surface area (Å²) in [5.74, 6) is 2.53. The number of hydrogen-bond donors (Lipinski definition) is 1. The predicted molar refractivity (Wildman–Crippen MR) is 106 cm³/mol. The highest BCUT2D eigenvalue weighted by Crippen LogP contribution is 2.26. The Hall–Kier alpha value is -2.27. The van der Waals surface area contributed by atoms with Crippen LogP contribution in [0.2, 0.25) is 0 Å². The zero-order valence-corrected chi connectivity index (χ0v) is 16.5. The number of piperidine rings is 1. The lowest BCUT2D eigenvalue weighted by Gasteiger charge is -2.33. The summed E-state index contributed by atoms with van der Waals surface area (Å²) in [5.41, 5.74) is 0.638. The van der Waals surface area contributed by atoms with Gasteiger partial charge in [-0.25, -0.2) is 0 Å². The minimum absolute atomic E-state index is 0.0728. The van der Waals surface area contributed by atoms with E-state index in [0.29, 0.717) is 12.1 Å². The molecule has 2 heterocycles. The summed E-state index contributed by atoms with van der Waals surface area (Å²) >= 11 is 0. The quantitative estimate of drug-likeness (QED) is 0.788. The second-order valence-electron chi connectivity index (χ2n) is 7.46. The number of furan rings is 1. The number of nitrogens with one attached hydrogen (secondary N) is 1. The molecule has 1 aliphatic rings. The van der Waals surface area contributed by atoms with E-state index in [0.717, 1.165) is 30.4 Å². The minimum Gasteiger partial charge on any atom is -0.491 e. The second-order valence-corrected chi connectivity index (χ2v) is 7.46. The summed E-state index contributed by atoms with van der Waals surface area (Å²) in [4.78, 5) is 15.0. The Morgan fingerprint density at radius 3 is 2.41 bits per heavy atom. The van der Waals surface area contributed by atoms with Crippen molar-refractivity contribution in [1.82, 2.24) is 10.2 Å². The third kappa shape index (κ3) is 5.36. The highest BCUT2D eigenvalue weighted by molar-refractivity contribution is 5.94. The van der Waals surface area contributed by atoms with E-state index in [1.54, 1.807) is 12.1 Å². The Labute approximate surface area is 161 Å². The van der Waals surface area contributed by atoms with Gasteiger partial charge in [-0.1, -0.05) is 6.42 Å². The topological polar surface area (TPSA) is 54.7 Å². The van der Waals surface area contributed by atoms with E-state index >= 15 is 0 Å². The van der Waals surface area contributed by atoms with Crippen LogP contribution >= 0.6 is 0 Å². The Bertz CT molecular complexity index is 730. The number of aryl methyl sites for hydroxylation is 1. The van der Waals surface area contributed by atoms with Crippen LogP contribution in [0.4, 0.5) is 0 Å². The van der Waals surface area contributed by atoms with Crippen molar-refractivity contribution in [1.29, 1.82) is 0 Å². The average Bonchev–Trinajstić information content (AvgIpc) is 3.09. The third-order valence-electron chi connectivity index (χ3n) is 4.87. The maximum Gasteiger partial charge on any atom is 0.251 e. The molecule has 146 valence electrons. The summed E-state index contributed by atoms with van der Waals surface area (Å²) in [6.45, 7) is 8.55. The molecule has 1 amide bonds. The molecule has 2 aromatic rings. The summed E-state index contributed by atoms with van der Waals surface area (Å²) in [7, 11) is 0. The second kappa shape index (κ2) is 9.09. The van der Waals surface area contributed by atoms with E-state index in [9.17, 15) is 4.79 Å². The highest BCUT2D eigenvalue weighted by atomic mass is 16.5. The van der Waals surface area contributed by atoms with Gasteiger partial charge in [-0.2, -0.15) is 0 Å². The van der Waals surface area contributed by atoms with Crippen molar-refractivity contribution in [3.63, 3.8) is 0 Å². The Kier molecular flexibility index (Phi) is 6.56. The number of carbonyl (C=O) groups excluding carboxylic acids is 1. The van der Waals surface area contributed by atoms with E-state index in [4.69, 9.17) is 9.15 Å². The minimum atomic E-state index is -0.0728. The van der Waals surface area contributed by atoms with Gasteiger partial charge in [0.25, 0.3) is 5.91 Å². The van der Waals surface area contributed by atoms with Gasteiger partial charge in [0.1, 0.15) is 17.3 Å². The number of ether oxygens (including phenoxy) is 1. The Balaban J connectivity index is 1.64. The zero-order valence-electron chi connectivity index (χ0n) is 16.5. The first-order valence-electron chi connectivity index (χ1n) is 9.88. The van der Waals surface area contributed by atoms with Crippen LogP contribution < -0.4 is 10.1 Å². The first kappa shape index (κ1) is 19.5. The number of rotatable bonds is 7. The van der Waals surface area contributed by atoms with Crippen LogP contribution in [0.15, 0.2) is 40.8 Å². The van der Waals surface area contributed by atoms with Gasteiger partial charge in [-0.3, -0.25) is 9.69 Å². The molecule has 1 aliphatic heterocycles. The first-order valence-corrected chi connectivity index (χ1v) is 9.88. The smallest absolute Gasteiger partial charge is 0.251 e. The predicted octanol–water partition coefficient (Wildman–Crippen LogP) is 4.33. The molecule has 3 rings (SSSR count). The van der Waals surface area contributed by atoms with E-state index < -0.39 is 0 Å². The van der Waals surface area contributed by atoms with Crippen molar-refractivity contribution in [3.8, 4) is 5.75 Å². The van der Waals surface area contributed by atoms with Crippen LogP contribution in [-0.2, 0) is 0 Å². The molecule has 5 nitrogen and oxygen atoms in total. The molecule has 0 saturated carbocycles. The molecular weight excluding hydrogens is 340 g/mol. The summed E-state index contributed by atoms with van der Waals surface area (Å²) in [5, 5.41) is 3.08. The maximum atomic E-state index is 12.6. The average molecular weight is 370 g/mol. The summed E-state index contributed by atoms with van der Waals surface area (Å²) < 4.78 is 11.5. The fourth-order valence-corrected chi connectivity index (χ4v) is 3.52. The van der Waals surface area contributed by atoms with Crippen LogP contribution in [0.25, 0.3) is 0 Å². The molecule has 1 saturated heterocycles. The number of hydrogen-bond acceptors (Lipinski definition) is 4. The fraction of sp³-hybridized carbons (Fsp3) is 0.500. The molecule has 0 aliphatic carbocycles. The molecule has 1 fully saturated rings. The third-order valence-corrected chi connectivity index (χ3v) is 4.87. The van der Waals surface area contributed by atoms with Gasteiger partial charge in [0, 0.05) is 12.1 Å². The Morgan fingerprint density at radius 1 is 1.11 bits per heavy atom. The van der Waals surface area contributed by atoms with Crippen LogP contribution in [0.3, 0.4) is 0 Å². The molecule has 1 atom stereocenters. The molecule has 1 N–H and O–H groups in total. The van der Waals surface area contributed by atoms with Crippen molar-refractivity contribution in [2.45, 2.75) is 52.2 Å². The molecule has 0 radical (unpaired) electrons. The molecular formula is C22H30N2O3. The number of likely N-dealkylation sites (tertiary alicyclic amines) is 1. The monoisotopic (exact) mass is 370 g/mol. The number of benzene rings is 1. The maximum absolute atomic E-state index is 12.6. The molecule has 0 bridgehead atoms. The lowest BCUT2D eigenvalue weighted by atomic mass is 10.1. The lowest BCUT2D eigenvalue weighted by molar-refractivity contribution is 0.0913. The number of amides is 1. The molecule has 5 heteroatoms. The van der Waals surface area contributed by atoms with Crippen LogP contribution in [-0.4, -0.2) is 36.5 Å². The van der Waals surface area contributed by atoms with Crippen molar-refractivity contribution >= 4 is 5.91 Å². The zero-order chi connectivity index (χ0) is 19.2. The summed E-state index contributed by atoms with van der Waals surface area (Å²) in [6, 6.07) is 11.4. The van der Waals surface area contributed by atoms with Gasteiger partial charge >= 0.3 is 0 Å². The SMILES string of the molecule is Cc1ccc([C@H](CNC(=O)c2ccc(OC(C)C)cc2)N2CCCCC2)o1. The Morgan fingerprint density at radius 2 is 1.81 bits per heavy atom. The van der Waals surface area contributed by atoms with E-state index in [1.165, 1.54) is 19.3 Å². The van der Waals surface area contributed by atoms with E-state index in [-0.39, 0.29) is 18.1 Å². The van der Waals surface area contributed by atoms with Gasteiger partial charge in [-0.15, -0.1) is 0 Å².